The summed E-state index contributed by atoms with van der Waals surface area (Å²) < 4.78 is 64.5. The van der Waals surface area contributed by atoms with Crippen LogP contribution in [0.3, 0.4) is 0 Å². The van der Waals surface area contributed by atoms with Crippen LogP contribution in [0, 0.1) is 0 Å². The normalized spacial score (nSPS) is 18.1. The predicted octanol–water partition coefficient (Wildman–Crippen LogP) is 2.72. The predicted molar refractivity (Wildman–Crippen MR) is 118 cm³/mol. The summed E-state index contributed by atoms with van der Waals surface area (Å²) in [6, 6.07) is 11.6. The fourth-order valence-electron chi connectivity index (χ4n) is 4.44. The number of carbonyl (C=O) groups excluding carboxylic acids is 1. The molecule has 0 aromatic heterocycles. The van der Waals surface area contributed by atoms with E-state index in [4.69, 9.17) is 0 Å². The molecule has 184 valence electrons. The first-order chi connectivity index (χ1) is 16.0. The molecule has 1 N–H and O–H groups in total. The molecule has 0 saturated carbocycles. The molecule has 0 radical (unpaired) electrons. The molecular formula is C23H25F3N2O5S. The molecular weight excluding hydrogens is 473 g/mol. The van der Waals surface area contributed by atoms with Crippen LogP contribution < -0.4 is 4.18 Å². The van der Waals surface area contributed by atoms with Crippen molar-refractivity contribution in [2.75, 3.05) is 26.2 Å². The molecule has 7 nitrogen and oxygen atoms in total. The summed E-state index contributed by atoms with van der Waals surface area (Å²) in [6.45, 7) is 2.44. The number of halogens is 3. The van der Waals surface area contributed by atoms with Crippen molar-refractivity contribution in [3.8, 4) is 5.75 Å². The van der Waals surface area contributed by atoms with E-state index in [-0.39, 0.29) is 18.0 Å². The number of aryl methyl sites for hydroxylation is 1. The number of carbonyl (C=O) groups is 1. The molecule has 0 bridgehead atoms. The largest absolute Gasteiger partial charge is 0.534 e. The second-order valence-corrected chi connectivity index (χ2v) is 10.1. The van der Waals surface area contributed by atoms with Crippen molar-refractivity contribution in [1.29, 1.82) is 0 Å². The number of rotatable bonds is 6. The van der Waals surface area contributed by atoms with Gasteiger partial charge in [0.2, 0.25) is 0 Å². The number of amides is 1. The molecule has 0 fully saturated rings. The Morgan fingerprint density at radius 3 is 2.47 bits per heavy atom. The standard InChI is InChI=1S/C23H25F3N2O5S/c24-23(25,26)34(31,32)33-20-7-8-21-17(12-20)6-3-10-28(22(21)30)15-19(29)14-27-11-9-16-4-1-2-5-18(16)13-27/h1-2,4-5,7-8,12,19,29H,3,6,9-11,13-15H2. The van der Waals surface area contributed by atoms with Gasteiger partial charge in [-0.3, -0.25) is 9.69 Å². The van der Waals surface area contributed by atoms with E-state index in [2.05, 4.69) is 21.2 Å². The number of benzene rings is 2. The van der Waals surface area contributed by atoms with E-state index < -0.39 is 27.5 Å². The summed E-state index contributed by atoms with van der Waals surface area (Å²) in [5.41, 5.74) is -2.35. The molecule has 1 amide bonds. The van der Waals surface area contributed by atoms with Crippen molar-refractivity contribution in [2.24, 2.45) is 0 Å². The molecule has 11 heteroatoms. The number of hydrogen-bond acceptors (Lipinski definition) is 6. The molecule has 2 aromatic rings. The smallest absolute Gasteiger partial charge is 0.390 e. The number of nitrogens with zero attached hydrogens (tertiary/aromatic N) is 2. The summed E-state index contributed by atoms with van der Waals surface area (Å²) in [5.74, 6) is -0.858. The maximum absolute atomic E-state index is 13.0. The molecule has 2 aromatic carbocycles. The highest BCUT2D eigenvalue weighted by Crippen LogP contribution is 2.30. The van der Waals surface area contributed by atoms with Crippen molar-refractivity contribution in [3.05, 3.63) is 64.7 Å². The minimum atomic E-state index is -5.79. The quantitative estimate of drug-likeness (QED) is 0.487. The Kier molecular flexibility index (Phi) is 6.88. The fourth-order valence-corrected chi connectivity index (χ4v) is 4.89. The average molecular weight is 499 g/mol. The lowest BCUT2D eigenvalue weighted by atomic mass is 10.00. The van der Waals surface area contributed by atoms with E-state index in [0.29, 0.717) is 31.5 Å². The molecule has 0 aliphatic carbocycles. The van der Waals surface area contributed by atoms with Gasteiger partial charge in [0.1, 0.15) is 5.75 Å². The molecule has 2 heterocycles. The van der Waals surface area contributed by atoms with E-state index >= 15 is 0 Å². The minimum absolute atomic E-state index is 0.122. The summed E-state index contributed by atoms with van der Waals surface area (Å²) in [6.07, 6.45) is 1.00. The summed E-state index contributed by atoms with van der Waals surface area (Å²) in [5, 5.41) is 10.7. The number of aliphatic hydroxyl groups excluding tert-OH is 1. The van der Waals surface area contributed by atoms with Crippen molar-refractivity contribution in [2.45, 2.75) is 37.4 Å². The van der Waals surface area contributed by atoms with Gasteiger partial charge in [0, 0.05) is 38.3 Å². The van der Waals surface area contributed by atoms with E-state index in [1.54, 1.807) is 0 Å². The number of hydrogen-bond donors (Lipinski definition) is 1. The monoisotopic (exact) mass is 498 g/mol. The van der Waals surface area contributed by atoms with Gasteiger partial charge in [0.15, 0.2) is 0 Å². The van der Waals surface area contributed by atoms with Gasteiger partial charge >= 0.3 is 15.6 Å². The van der Waals surface area contributed by atoms with Crippen LogP contribution in [-0.4, -0.2) is 67.0 Å². The second-order valence-electron chi connectivity index (χ2n) is 8.56. The number of alkyl halides is 3. The molecule has 1 unspecified atom stereocenters. The first-order valence-electron chi connectivity index (χ1n) is 10.9. The van der Waals surface area contributed by atoms with Gasteiger partial charge < -0.3 is 14.2 Å². The third kappa shape index (κ3) is 5.37. The number of fused-ring (bicyclic) bond motifs is 2. The Balaban J connectivity index is 1.40. The minimum Gasteiger partial charge on any atom is -0.390 e. The van der Waals surface area contributed by atoms with E-state index in [0.717, 1.165) is 31.6 Å². The van der Waals surface area contributed by atoms with Crippen molar-refractivity contribution in [3.63, 3.8) is 0 Å². The Morgan fingerprint density at radius 2 is 1.74 bits per heavy atom. The maximum atomic E-state index is 13.0. The highest BCUT2D eigenvalue weighted by molar-refractivity contribution is 7.88. The van der Waals surface area contributed by atoms with Crippen molar-refractivity contribution in [1.82, 2.24) is 9.80 Å². The molecule has 2 aliphatic rings. The highest BCUT2D eigenvalue weighted by Gasteiger charge is 2.48. The van der Waals surface area contributed by atoms with Crippen LogP contribution in [0.5, 0.6) is 5.75 Å². The lowest BCUT2D eigenvalue weighted by Gasteiger charge is -2.32. The van der Waals surface area contributed by atoms with Crippen molar-refractivity contribution < 1.29 is 35.7 Å². The zero-order valence-electron chi connectivity index (χ0n) is 18.3. The van der Waals surface area contributed by atoms with Gasteiger partial charge in [0.05, 0.1) is 6.10 Å². The molecule has 0 spiro atoms. The Hall–Kier alpha value is -2.63. The molecule has 1 atom stereocenters. The Morgan fingerprint density at radius 1 is 1.00 bits per heavy atom. The van der Waals surface area contributed by atoms with Crippen LogP contribution in [0.4, 0.5) is 13.2 Å². The molecule has 2 aliphatic heterocycles. The lowest BCUT2D eigenvalue weighted by Crippen LogP contribution is -2.44. The summed E-state index contributed by atoms with van der Waals surface area (Å²) >= 11 is 0. The Bertz CT molecular complexity index is 1170. The molecule has 4 rings (SSSR count). The summed E-state index contributed by atoms with van der Waals surface area (Å²) in [4.78, 5) is 16.7. The molecule has 0 saturated heterocycles. The Labute approximate surface area is 195 Å². The lowest BCUT2D eigenvalue weighted by molar-refractivity contribution is -0.0500. The van der Waals surface area contributed by atoms with Gasteiger partial charge in [-0.15, -0.1) is 0 Å². The van der Waals surface area contributed by atoms with Crippen LogP contribution >= 0.6 is 0 Å². The maximum Gasteiger partial charge on any atom is 0.534 e. The van der Waals surface area contributed by atoms with Gasteiger partial charge in [-0.2, -0.15) is 21.6 Å². The second kappa shape index (κ2) is 9.55. The van der Waals surface area contributed by atoms with Crippen LogP contribution in [-0.2, 0) is 29.5 Å². The SMILES string of the molecule is O=C1c2ccc(OS(=O)(=O)C(F)(F)F)cc2CCCN1CC(O)CN1CCc2ccccc2C1. The number of β-amino-alcohol motifs (C(OH)–C–C–N with tert-alkyl or cyclic N) is 1. The van der Waals surface area contributed by atoms with E-state index in [1.165, 1.54) is 22.1 Å². The summed E-state index contributed by atoms with van der Waals surface area (Å²) in [7, 11) is -5.79. The van der Waals surface area contributed by atoms with Crippen LogP contribution in [0.25, 0.3) is 0 Å². The zero-order chi connectivity index (χ0) is 24.5. The third-order valence-electron chi connectivity index (χ3n) is 6.07. The molecule has 34 heavy (non-hydrogen) atoms. The van der Waals surface area contributed by atoms with E-state index in [1.807, 2.05) is 12.1 Å². The fraction of sp³-hybridized carbons (Fsp3) is 0.435. The van der Waals surface area contributed by atoms with Crippen LogP contribution in [0.2, 0.25) is 0 Å². The van der Waals surface area contributed by atoms with Crippen LogP contribution in [0.15, 0.2) is 42.5 Å². The van der Waals surface area contributed by atoms with Crippen molar-refractivity contribution >= 4 is 16.0 Å². The number of aliphatic hydroxyl groups is 1. The topological polar surface area (TPSA) is 87.2 Å². The average Bonchev–Trinajstić information content (AvgIpc) is 2.91. The van der Waals surface area contributed by atoms with Gasteiger partial charge in [0.25, 0.3) is 5.91 Å². The third-order valence-corrected chi connectivity index (χ3v) is 7.05. The van der Waals surface area contributed by atoms with Crippen LogP contribution in [0.1, 0.15) is 33.5 Å². The highest BCUT2D eigenvalue weighted by atomic mass is 32.2. The van der Waals surface area contributed by atoms with E-state index in [9.17, 15) is 31.5 Å². The van der Waals surface area contributed by atoms with Gasteiger partial charge in [-0.1, -0.05) is 24.3 Å². The zero-order valence-corrected chi connectivity index (χ0v) is 19.1. The van der Waals surface area contributed by atoms with Gasteiger partial charge in [-0.25, -0.2) is 0 Å². The van der Waals surface area contributed by atoms with Gasteiger partial charge in [-0.05, 0) is 54.2 Å². The first kappa shape index (κ1) is 24.5. The first-order valence-corrected chi connectivity index (χ1v) is 12.3.